The third-order valence-corrected chi connectivity index (χ3v) is 5.15. The zero-order valence-electron chi connectivity index (χ0n) is 17.4. The van der Waals surface area contributed by atoms with Crippen molar-refractivity contribution < 1.29 is 14.5 Å². The molecule has 0 atom stereocenters. The van der Waals surface area contributed by atoms with Gasteiger partial charge in [0.2, 0.25) is 0 Å². The smallest absolute Gasteiger partial charge is 0.295 e. The second-order valence-corrected chi connectivity index (χ2v) is 7.23. The van der Waals surface area contributed by atoms with E-state index in [1.54, 1.807) is 17.0 Å². The number of carbonyl (C=O) groups is 2. The molecule has 156 valence electrons. The Kier molecular flexibility index (Phi) is 6.30. The van der Waals surface area contributed by atoms with Crippen molar-refractivity contribution in [3.63, 3.8) is 0 Å². The average molecular weight is 406 g/mol. The van der Waals surface area contributed by atoms with E-state index in [1.165, 1.54) is 12.1 Å². The summed E-state index contributed by atoms with van der Waals surface area (Å²) in [6.07, 6.45) is 1.54. The highest BCUT2D eigenvalue weighted by atomic mass is 16.6. The molecule has 1 heterocycles. The quantitative estimate of drug-likeness (QED) is 0.237. The van der Waals surface area contributed by atoms with Gasteiger partial charge >= 0.3 is 0 Å². The van der Waals surface area contributed by atoms with Gasteiger partial charge in [-0.25, -0.2) is 0 Å². The molecule has 0 N–H and O–H groups in total. The van der Waals surface area contributed by atoms with Crippen LogP contribution in [0.2, 0.25) is 0 Å². The number of amides is 1. The first-order valence-electron chi connectivity index (χ1n) is 10.1. The number of hydrogen-bond acceptors (Lipinski definition) is 4. The molecule has 0 fully saturated rings. The lowest BCUT2D eigenvalue weighted by Crippen LogP contribution is -2.37. The maximum Gasteiger partial charge on any atom is 0.295 e. The van der Waals surface area contributed by atoms with E-state index in [1.807, 2.05) is 49.7 Å². The van der Waals surface area contributed by atoms with Gasteiger partial charge in [0.1, 0.15) is 0 Å². The van der Waals surface area contributed by atoms with Crippen LogP contribution in [0.1, 0.15) is 37.0 Å². The molecule has 0 radical (unpaired) electrons. The fourth-order valence-electron chi connectivity index (χ4n) is 3.81. The number of Topliss-reactive ketones (excluding diaryl/α,β-unsaturated/α-hetero) is 1. The molecule has 0 bridgehead atoms. The summed E-state index contributed by atoms with van der Waals surface area (Å²) in [5.74, 6) is -1.07. The van der Waals surface area contributed by atoms with Crippen molar-refractivity contribution in [1.29, 1.82) is 0 Å². The summed E-state index contributed by atoms with van der Waals surface area (Å²) < 4.78 is 1.86. The molecule has 3 aromatic rings. The van der Waals surface area contributed by atoms with Crippen molar-refractivity contribution in [1.82, 2.24) is 9.47 Å². The van der Waals surface area contributed by atoms with Gasteiger partial charge in [0.15, 0.2) is 0 Å². The van der Waals surface area contributed by atoms with Crippen LogP contribution in [0.4, 0.5) is 5.69 Å². The molecule has 0 aliphatic heterocycles. The fourth-order valence-corrected chi connectivity index (χ4v) is 3.81. The molecule has 3 rings (SSSR count). The molecule has 1 amide bonds. The van der Waals surface area contributed by atoms with Gasteiger partial charge in [-0.15, -0.1) is 0 Å². The number of carbonyl (C=O) groups excluding carboxylic acids is 2. The molecule has 0 aliphatic rings. The second-order valence-electron chi connectivity index (χ2n) is 7.23. The number of ketones is 1. The molecule has 1 aromatic heterocycles. The van der Waals surface area contributed by atoms with Crippen LogP contribution >= 0.6 is 0 Å². The summed E-state index contributed by atoms with van der Waals surface area (Å²) in [4.78, 5) is 38.7. The van der Waals surface area contributed by atoms with E-state index in [2.05, 4.69) is 0 Å². The first kappa shape index (κ1) is 21.2. The standard InChI is InChI=1S/C23H25N3O4/c1-4-14-25(15-5-2)23(28)22(27)20-18-8-6-7-9-19(18)24(3)21(20)16-10-12-17(13-11-16)26(29)30/h6-13H,4-5,14-15H2,1-3H3/i3-1. The first-order valence-corrected chi connectivity index (χ1v) is 10.1. The van der Waals surface area contributed by atoms with Gasteiger partial charge in [0, 0.05) is 43.2 Å². The number of rotatable bonds is 8. The van der Waals surface area contributed by atoms with E-state index in [0.717, 1.165) is 18.4 Å². The Morgan fingerprint density at radius 1 is 1.00 bits per heavy atom. The average Bonchev–Trinajstić information content (AvgIpc) is 3.05. The van der Waals surface area contributed by atoms with Crippen molar-refractivity contribution in [3.8, 4) is 11.3 Å². The van der Waals surface area contributed by atoms with E-state index in [9.17, 15) is 19.7 Å². The number of aryl methyl sites for hydroxylation is 1. The number of nitro benzene ring substituents is 1. The minimum atomic E-state index is -0.554. The number of hydrogen-bond donors (Lipinski definition) is 0. The van der Waals surface area contributed by atoms with Crippen LogP contribution in [0.25, 0.3) is 22.2 Å². The summed E-state index contributed by atoms with van der Waals surface area (Å²) >= 11 is 0. The lowest BCUT2D eigenvalue weighted by molar-refractivity contribution is -0.384. The van der Waals surface area contributed by atoms with E-state index in [-0.39, 0.29) is 5.69 Å². The van der Waals surface area contributed by atoms with Crippen LogP contribution in [0, 0.1) is 10.1 Å². The maximum absolute atomic E-state index is 13.4. The Labute approximate surface area is 175 Å². The van der Waals surface area contributed by atoms with Gasteiger partial charge in [0.05, 0.1) is 16.2 Å². The van der Waals surface area contributed by atoms with Crippen molar-refractivity contribution >= 4 is 28.3 Å². The molecule has 7 heteroatoms. The molecular weight excluding hydrogens is 381 g/mol. The van der Waals surface area contributed by atoms with Gasteiger partial charge in [-0.05, 0) is 36.6 Å². The normalized spacial score (nSPS) is 10.9. The van der Waals surface area contributed by atoms with Crippen LogP contribution in [0.3, 0.4) is 0 Å². The largest absolute Gasteiger partial charge is 0.343 e. The van der Waals surface area contributed by atoms with E-state index in [0.29, 0.717) is 35.3 Å². The molecule has 0 unspecified atom stereocenters. The van der Waals surface area contributed by atoms with Crippen LogP contribution in [-0.4, -0.2) is 39.2 Å². The van der Waals surface area contributed by atoms with Gasteiger partial charge < -0.3 is 9.47 Å². The highest BCUT2D eigenvalue weighted by Gasteiger charge is 2.29. The Bertz CT molecular complexity index is 1090. The van der Waals surface area contributed by atoms with Gasteiger partial charge in [-0.1, -0.05) is 32.0 Å². The van der Waals surface area contributed by atoms with Crippen molar-refractivity contribution in [3.05, 3.63) is 64.2 Å². The highest BCUT2D eigenvalue weighted by Crippen LogP contribution is 2.34. The summed E-state index contributed by atoms with van der Waals surface area (Å²) in [6.45, 7) is 4.99. The van der Waals surface area contributed by atoms with Crippen molar-refractivity contribution in [2.24, 2.45) is 7.05 Å². The van der Waals surface area contributed by atoms with E-state index in [4.69, 9.17) is 0 Å². The Morgan fingerprint density at radius 2 is 1.60 bits per heavy atom. The zero-order valence-corrected chi connectivity index (χ0v) is 17.4. The lowest BCUT2D eigenvalue weighted by Gasteiger charge is -2.20. The Hall–Kier alpha value is -3.48. The number of aromatic nitrogens is 1. The summed E-state index contributed by atoms with van der Waals surface area (Å²) in [7, 11) is 1.83. The maximum atomic E-state index is 13.4. The van der Waals surface area contributed by atoms with Gasteiger partial charge in [-0.2, -0.15) is 0 Å². The topological polar surface area (TPSA) is 85.4 Å². The van der Waals surface area contributed by atoms with E-state index < -0.39 is 16.6 Å². The van der Waals surface area contributed by atoms with Crippen LogP contribution in [0.15, 0.2) is 48.5 Å². The summed E-state index contributed by atoms with van der Waals surface area (Å²) in [5, 5.41) is 11.7. The first-order chi connectivity index (χ1) is 14.4. The number of nitro groups is 1. The Balaban J connectivity index is 2.18. The van der Waals surface area contributed by atoms with Crippen molar-refractivity contribution in [2.75, 3.05) is 13.1 Å². The predicted octanol–water partition coefficient (Wildman–Crippen LogP) is 4.58. The molecule has 30 heavy (non-hydrogen) atoms. The molecular formula is C23H25N3O4. The predicted molar refractivity (Wildman–Crippen MR) is 117 cm³/mol. The number of para-hydroxylation sites is 1. The van der Waals surface area contributed by atoms with E-state index >= 15 is 0 Å². The van der Waals surface area contributed by atoms with Crippen LogP contribution in [-0.2, 0) is 11.8 Å². The fraction of sp³-hybridized carbons (Fsp3) is 0.304. The second kappa shape index (κ2) is 8.90. The number of fused-ring (bicyclic) bond motifs is 1. The summed E-state index contributed by atoms with van der Waals surface area (Å²) in [6, 6.07) is 13.5. The summed E-state index contributed by atoms with van der Waals surface area (Å²) in [5.41, 5.74) is 2.35. The van der Waals surface area contributed by atoms with Gasteiger partial charge in [-0.3, -0.25) is 19.7 Å². The minimum Gasteiger partial charge on any atom is -0.343 e. The van der Waals surface area contributed by atoms with Gasteiger partial charge in [0.25, 0.3) is 17.4 Å². The van der Waals surface area contributed by atoms with Crippen LogP contribution < -0.4 is 0 Å². The zero-order chi connectivity index (χ0) is 21.8. The monoisotopic (exact) mass is 406 g/mol. The number of nitrogens with zero attached hydrogens (tertiary/aromatic N) is 3. The van der Waals surface area contributed by atoms with Crippen molar-refractivity contribution in [2.45, 2.75) is 26.7 Å². The SMILES string of the molecule is CCCN(CCC)C(=O)C(=O)c1c(-c2ccc([N+](=O)[O-])cc2)n([11CH3])c2ccccc12. The molecule has 7 nitrogen and oxygen atoms in total. The highest BCUT2D eigenvalue weighted by molar-refractivity contribution is 6.46. The number of benzene rings is 2. The molecule has 2 aromatic carbocycles. The molecule has 0 saturated carbocycles. The third kappa shape index (κ3) is 3.83. The third-order valence-electron chi connectivity index (χ3n) is 5.15. The van der Waals surface area contributed by atoms with Crippen LogP contribution in [0.5, 0.6) is 0 Å². The molecule has 0 aliphatic carbocycles. The Morgan fingerprint density at radius 3 is 2.17 bits per heavy atom. The minimum absolute atomic E-state index is 0.0291. The lowest BCUT2D eigenvalue weighted by atomic mass is 10.00. The molecule has 0 saturated heterocycles. The number of non-ortho nitro benzene ring substituents is 1. The molecule has 0 spiro atoms.